The second kappa shape index (κ2) is 9.37. The Morgan fingerprint density at radius 1 is 1.17 bits per heavy atom. The molecule has 2 aromatic rings. The summed E-state index contributed by atoms with van der Waals surface area (Å²) in [5.74, 6) is 0.761. The van der Waals surface area contributed by atoms with E-state index in [1.54, 1.807) is 4.90 Å². The summed E-state index contributed by atoms with van der Waals surface area (Å²) in [6.45, 7) is 7.45. The van der Waals surface area contributed by atoms with Gasteiger partial charge in [-0.2, -0.15) is 0 Å². The van der Waals surface area contributed by atoms with E-state index in [4.69, 9.17) is 25.8 Å². The number of benzene rings is 2. The lowest BCUT2D eigenvalue weighted by molar-refractivity contribution is -0.0694. The van der Waals surface area contributed by atoms with Crippen molar-refractivity contribution in [2.24, 2.45) is 0 Å². The molecule has 1 amide bonds. The molecule has 0 atom stereocenters. The summed E-state index contributed by atoms with van der Waals surface area (Å²) in [6, 6.07) is 13.4. The van der Waals surface area contributed by atoms with Gasteiger partial charge in [0.1, 0.15) is 18.0 Å². The molecule has 5 nitrogen and oxygen atoms in total. The Balaban J connectivity index is 1.52. The van der Waals surface area contributed by atoms with Crippen molar-refractivity contribution in [3.8, 4) is 5.75 Å². The van der Waals surface area contributed by atoms with Crippen LogP contribution in [-0.4, -0.2) is 35.8 Å². The highest BCUT2D eigenvalue weighted by Crippen LogP contribution is 2.27. The zero-order chi connectivity index (χ0) is 21.0. The molecule has 7 heteroatoms. The Morgan fingerprint density at radius 2 is 1.93 bits per heavy atom. The van der Waals surface area contributed by atoms with E-state index in [0.717, 1.165) is 21.3 Å². The Bertz CT molecular complexity index is 862. The van der Waals surface area contributed by atoms with Crippen molar-refractivity contribution in [3.05, 3.63) is 63.1 Å². The fourth-order valence-electron chi connectivity index (χ4n) is 2.82. The molecule has 156 valence electrons. The van der Waals surface area contributed by atoms with Crippen LogP contribution in [0.3, 0.4) is 0 Å². The molecular formula is C22H25BrClNO4. The van der Waals surface area contributed by atoms with Crippen LogP contribution in [0.4, 0.5) is 4.79 Å². The van der Waals surface area contributed by atoms with Gasteiger partial charge >= 0.3 is 6.09 Å². The normalized spacial score (nSPS) is 14.4. The number of amides is 1. The number of hydrogen-bond acceptors (Lipinski definition) is 4. The van der Waals surface area contributed by atoms with Crippen molar-refractivity contribution in [1.29, 1.82) is 0 Å². The van der Waals surface area contributed by atoms with Gasteiger partial charge in [-0.3, -0.25) is 0 Å². The first kappa shape index (κ1) is 21.9. The number of carbonyl (C=O) groups is 1. The van der Waals surface area contributed by atoms with E-state index in [9.17, 15) is 4.79 Å². The summed E-state index contributed by atoms with van der Waals surface area (Å²) in [4.78, 5) is 13.7. The van der Waals surface area contributed by atoms with Gasteiger partial charge in [0.2, 0.25) is 0 Å². The Labute approximate surface area is 185 Å². The van der Waals surface area contributed by atoms with Crippen molar-refractivity contribution in [2.45, 2.75) is 45.7 Å². The first-order valence-electron chi connectivity index (χ1n) is 9.45. The maximum absolute atomic E-state index is 12.0. The van der Waals surface area contributed by atoms with Gasteiger partial charge in [0, 0.05) is 15.1 Å². The second-order valence-corrected chi connectivity index (χ2v) is 9.34. The predicted molar refractivity (Wildman–Crippen MR) is 116 cm³/mol. The quantitative estimate of drug-likeness (QED) is 0.521. The van der Waals surface area contributed by atoms with Crippen LogP contribution < -0.4 is 4.74 Å². The number of ether oxygens (including phenoxy) is 3. The summed E-state index contributed by atoms with van der Waals surface area (Å²) in [7, 11) is 0. The zero-order valence-electron chi connectivity index (χ0n) is 16.8. The molecule has 0 radical (unpaired) electrons. The fraction of sp³-hybridized carbons (Fsp3) is 0.409. The standard InChI is InChI=1S/C22H25BrClNO4/c1-22(2,3)29-21(26)25-11-19(12-25)27-14-16-10-17(23)7-8-20(16)28-13-15-5-4-6-18(24)9-15/h4-10,19H,11-14H2,1-3H3. The lowest BCUT2D eigenvalue weighted by Crippen LogP contribution is -2.55. The molecule has 0 bridgehead atoms. The van der Waals surface area contributed by atoms with Crippen molar-refractivity contribution >= 4 is 33.6 Å². The maximum Gasteiger partial charge on any atom is 0.410 e. The topological polar surface area (TPSA) is 48.0 Å². The molecular weight excluding hydrogens is 458 g/mol. The fourth-order valence-corrected chi connectivity index (χ4v) is 3.44. The van der Waals surface area contributed by atoms with E-state index in [1.165, 1.54) is 0 Å². The lowest BCUT2D eigenvalue weighted by Gasteiger charge is -2.39. The van der Waals surface area contributed by atoms with Gasteiger partial charge in [0.25, 0.3) is 0 Å². The predicted octanol–water partition coefficient (Wildman–Crippen LogP) is 5.82. The summed E-state index contributed by atoms with van der Waals surface area (Å²) in [6.07, 6.45) is -0.312. The molecule has 3 rings (SSSR count). The van der Waals surface area contributed by atoms with Crippen molar-refractivity contribution in [1.82, 2.24) is 4.90 Å². The van der Waals surface area contributed by atoms with E-state index in [-0.39, 0.29) is 12.2 Å². The maximum atomic E-state index is 12.0. The van der Waals surface area contributed by atoms with Crippen molar-refractivity contribution in [2.75, 3.05) is 13.1 Å². The monoisotopic (exact) mass is 481 g/mol. The van der Waals surface area contributed by atoms with Gasteiger partial charge in [0.15, 0.2) is 0 Å². The van der Waals surface area contributed by atoms with Crippen molar-refractivity contribution in [3.63, 3.8) is 0 Å². The van der Waals surface area contributed by atoms with Gasteiger partial charge in [-0.15, -0.1) is 0 Å². The van der Waals surface area contributed by atoms with Gasteiger partial charge in [-0.25, -0.2) is 4.79 Å². The first-order chi connectivity index (χ1) is 13.7. The Morgan fingerprint density at radius 3 is 2.62 bits per heavy atom. The van der Waals surface area contributed by atoms with E-state index < -0.39 is 5.60 Å². The molecule has 29 heavy (non-hydrogen) atoms. The number of carbonyl (C=O) groups excluding carboxylic acids is 1. The molecule has 0 unspecified atom stereocenters. The third-order valence-corrected chi connectivity index (χ3v) is 5.01. The number of nitrogens with zero attached hydrogens (tertiary/aromatic N) is 1. The van der Waals surface area contributed by atoms with Crippen LogP contribution in [0.5, 0.6) is 5.75 Å². The molecule has 1 saturated heterocycles. The van der Waals surface area contributed by atoms with E-state index >= 15 is 0 Å². The highest BCUT2D eigenvalue weighted by Gasteiger charge is 2.34. The van der Waals surface area contributed by atoms with Gasteiger partial charge in [-0.05, 0) is 56.7 Å². The first-order valence-corrected chi connectivity index (χ1v) is 10.6. The van der Waals surface area contributed by atoms with Gasteiger partial charge in [0.05, 0.1) is 25.8 Å². The summed E-state index contributed by atoms with van der Waals surface area (Å²) in [5.41, 5.74) is 1.45. The molecule has 0 aromatic heterocycles. The summed E-state index contributed by atoms with van der Waals surface area (Å²) >= 11 is 9.53. The van der Waals surface area contributed by atoms with Crippen molar-refractivity contribution < 1.29 is 19.0 Å². The zero-order valence-corrected chi connectivity index (χ0v) is 19.1. The van der Waals surface area contributed by atoms with Crippen LogP contribution in [0, 0.1) is 0 Å². The molecule has 0 spiro atoms. The highest BCUT2D eigenvalue weighted by atomic mass is 79.9. The summed E-state index contributed by atoms with van der Waals surface area (Å²) < 4.78 is 18.3. The van der Waals surface area contributed by atoms with E-state index in [0.29, 0.717) is 31.3 Å². The van der Waals surface area contributed by atoms with E-state index in [2.05, 4.69) is 15.9 Å². The van der Waals surface area contributed by atoms with Gasteiger partial charge in [-0.1, -0.05) is 39.7 Å². The largest absolute Gasteiger partial charge is 0.489 e. The third kappa shape index (κ3) is 6.63. The lowest BCUT2D eigenvalue weighted by atomic mass is 10.1. The minimum absolute atomic E-state index is 0.0118. The minimum Gasteiger partial charge on any atom is -0.489 e. The number of hydrogen-bond donors (Lipinski definition) is 0. The molecule has 0 saturated carbocycles. The average Bonchev–Trinajstić information content (AvgIpc) is 2.58. The van der Waals surface area contributed by atoms with Crippen LogP contribution in [0.2, 0.25) is 5.02 Å². The third-order valence-electron chi connectivity index (χ3n) is 4.28. The molecule has 1 aliphatic rings. The molecule has 1 heterocycles. The molecule has 1 fully saturated rings. The van der Waals surface area contributed by atoms with Crippen LogP contribution >= 0.6 is 27.5 Å². The van der Waals surface area contributed by atoms with Crippen LogP contribution in [0.25, 0.3) is 0 Å². The highest BCUT2D eigenvalue weighted by molar-refractivity contribution is 9.10. The molecule has 0 aliphatic carbocycles. The van der Waals surface area contributed by atoms with Gasteiger partial charge < -0.3 is 19.1 Å². The van der Waals surface area contributed by atoms with E-state index in [1.807, 2.05) is 63.2 Å². The number of rotatable bonds is 6. The molecule has 1 aliphatic heterocycles. The minimum atomic E-state index is -0.492. The van der Waals surface area contributed by atoms with Crippen LogP contribution in [0.15, 0.2) is 46.9 Å². The smallest absolute Gasteiger partial charge is 0.410 e. The second-order valence-electron chi connectivity index (χ2n) is 7.99. The summed E-state index contributed by atoms with van der Waals surface area (Å²) in [5, 5.41) is 0.685. The number of likely N-dealkylation sites (tertiary alicyclic amines) is 1. The average molecular weight is 483 g/mol. The van der Waals surface area contributed by atoms with Crippen LogP contribution in [-0.2, 0) is 22.7 Å². The van der Waals surface area contributed by atoms with Crippen LogP contribution in [0.1, 0.15) is 31.9 Å². The molecule has 0 N–H and O–H groups in total. The molecule has 2 aromatic carbocycles. The Kier molecular flexibility index (Phi) is 7.09. The Hall–Kier alpha value is -1.76. The number of halogens is 2. The SMILES string of the molecule is CC(C)(C)OC(=O)N1CC(OCc2cc(Br)ccc2OCc2cccc(Cl)c2)C1.